The third kappa shape index (κ3) is 1.41. The second-order valence-electron chi connectivity index (χ2n) is 2.30. The summed E-state index contributed by atoms with van der Waals surface area (Å²) in [6.07, 6.45) is 4.21. The zero-order valence-corrected chi connectivity index (χ0v) is 6.67. The molecule has 0 saturated heterocycles. The quantitative estimate of drug-likeness (QED) is 0.468. The lowest BCUT2D eigenvalue weighted by atomic mass is 10.7. The highest BCUT2D eigenvalue weighted by atomic mass is 32.2. The number of aliphatic imine (C=N–C) groups is 1. The van der Waals surface area contributed by atoms with Crippen LogP contribution in [0.4, 0.5) is 0 Å². The fourth-order valence-electron chi connectivity index (χ4n) is 0.670. The van der Waals surface area contributed by atoms with Gasteiger partial charge in [0, 0.05) is 6.26 Å². The van der Waals surface area contributed by atoms with Crippen LogP contribution in [0.5, 0.6) is 0 Å². The Morgan fingerprint density at radius 1 is 1.60 bits per heavy atom. The monoisotopic (exact) mass is 161 g/mol. The van der Waals surface area contributed by atoms with Gasteiger partial charge in [-0.05, 0) is 0 Å². The van der Waals surface area contributed by atoms with Crippen molar-refractivity contribution in [3.63, 3.8) is 0 Å². The van der Waals surface area contributed by atoms with E-state index in [-0.39, 0.29) is 0 Å². The van der Waals surface area contributed by atoms with Gasteiger partial charge in [-0.1, -0.05) is 4.99 Å². The van der Waals surface area contributed by atoms with Crippen molar-refractivity contribution in [2.24, 2.45) is 4.99 Å². The number of hydrogen-bond donors (Lipinski definition) is 0. The second kappa shape index (κ2) is 2.16. The van der Waals surface area contributed by atoms with Gasteiger partial charge in [-0.2, -0.15) is 0 Å². The second-order valence-corrected chi connectivity index (χ2v) is 4.44. The molecule has 0 amide bonds. The zero-order valence-electron chi connectivity index (χ0n) is 5.85. The van der Waals surface area contributed by atoms with Crippen molar-refractivity contribution in [2.75, 3.05) is 13.3 Å². The van der Waals surface area contributed by atoms with Crippen molar-refractivity contribution in [1.82, 2.24) is 0 Å². The molecule has 0 aliphatic carbocycles. The topological polar surface area (TPSA) is 49.5 Å². The lowest BCUT2D eigenvalue weighted by Gasteiger charge is -1.90. The predicted octanol–water partition coefficient (Wildman–Crippen LogP) is -0.888. The van der Waals surface area contributed by atoms with Gasteiger partial charge >= 0.3 is 0 Å². The molecule has 1 aliphatic rings. The Labute approximate surface area is 59.8 Å². The summed E-state index contributed by atoms with van der Waals surface area (Å²) in [7, 11) is -1.29. The minimum atomic E-state index is -3.03. The van der Waals surface area contributed by atoms with Crippen LogP contribution in [0, 0.1) is 0 Å². The molecule has 56 valence electrons. The van der Waals surface area contributed by atoms with Crippen LogP contribution < -0.4 is 0 Å². The lowest BCUT2D eigenvalue weighted by molar-refractivity contribution is -0.351. The molecule has 1 rings (SSSR count). The molecule has 0 N–H and O–H groups in total. The first kappa shape index (κ1) is 7.40. The van der Waals surface area contributed by atoms with Gasteiger partial charge in [-0.25, -0.2) is 13.0 Å². The van der Waals surface area contributed by atoms with Crippen LogP contribution in [0.3, 0.4) is 0 Å². The van der Waals surface area contributed by atoms with Crippen molar-refractivity contribution < 1.29 is 13.0 Å². The highest BCUT2D eigenvalue weighted by Gasteiger charge is 2.27. The molecule has 0 aromatic carbocycles. The first-order valence-corrected chi connectivity index (χ1v) is 4.75. The number of nitrogens with zero attached hydrogens (tertiary/aromatic N) is 2. The Balaban J connectivity index is 2.93. The smallest absolute Gasteiger partial charge is 0.239 e. The number of sulfone groups is 1. The van der Waals surface area contributed by atoms with E-state index >= 15 is 0 Å². The molecule has 0 aromatic heterocycles. The summed E-state index contributed by atoms with van der Waals surface area (Å²) >= 11 is 0. The van der Waals surface area contributed by atoms with E-state index in [2.05, 4.69) is 4.99 Å². The van der Waals surface area contributed by atoms with Crippen molar-refractivity contribution >= 4 is 22.4 Å². The highest BCUT2D eigenvalue weighted by molar-refractivity contribution is 7.92. The molecule has 1 heterocycles. The first-order valence-electron chi connectivity index (χ1n) is 2.79. The van der Waals surface area contributed by atoms with E-state index in [9.17, 15) is 8.42 Å². The highest BCUT2D eigenvalue weighted by Crippen LogP contribution is 2.00. The molecule has 0 radical (unpaired) electrons. The van der Waals surface area contributed by atoms with Crippen molar-refractivity contribution in [2.45, 2.75) is 5.37 Å². The van der Waals surface area contributed by atoms with Crippen LogP contribution in [0.25, 0.3) is 0 Å². The molecular formula is C5H9N2O2S+. The van der Waals surface area contributed by atoms with Crippen molar-refractivity contribution in [3.8, 4) is 0 Å². The third-order valence-corrected chi connectivity index (χ3v) is 2.32. The van der Waals surface area contributed by atoms with Gasteiger partial charge in [-0.15, -0.1) is 0 Å². The standard InChI is InChI=1S/C5H9N2O2S/c1-7-3-5(6-4-7)10(2,8)9/h3-5H,1-2H3/q+1. The largest absolute Gasteiger partial charge is 0.292 e. The van der Waals surface area contributed by atoms with Gasteiger partial charge in [0.2, 0.25) is 9.84 Å². The number of rotatable bonds is 1. The van der Waals surface area contributed by atoms with Crippen LogP contribution in [0.1, 0.15) is 0 Å². The zero-order chi connectivity index (χ0) is 7.78. The maximum atomic E-state index is 10.8. The molecule has 4 nitrogen and oxygen atoms in total. The molecule has 1 aliphatic heterocycles. The maximum absolute atomic E-state index is 10.8. The molecule has 1 unspecified atom stereocenters. The lowest BCUT2D eigenvalue weighted by Crippen LogP contribution is -2.18. The van der Waals surface area contributed by atoms with E-state index in [1.165, 1.54) is 12.6 Å². The minimum Gasteiger partial charge on any atom is -0.239 e. The van der Waals surface area contributed by atoms with Crippen LogP contribution in [-0.2, 0) is 9.84 Å². The summed E-state index contributed by atoms with van der Waals surface area (Å²) in [4.78, 5) is 3.75. The van der Waals surface area contributed by atoms with Crippen molar-refractivity contribution in [3.05, 3.63) is 0 Å². The molecule has 0 aromatic rings. The van der Waals surface area contributed by atoms with E-state index in [0.29, 0.717) is 0 Å². The summed E-state index contributed by atoms with van der Waals surface area (Å²) in [5, 5.41) is -0.669. The van der Waals surface area contributed by atoms with E-state index in [1.54, 1.807) is 17.8 Å². The molecule has 0 spiro atoms. The first-order chi connectivity index (χ1) is 4.50. The van der Waals surface area contributed by atoms with Crippen LogP contribution in [0.2, 0.25) is 0 Å². The van der Waals surface area contributed by atoms with Crippen LogP contribution in [-0.4, -0.2) is 44.2 Å². The average Bonchev–Trinajstić information content (AvgIpc) is 2.11. The van der Waals surface area contributed by atoms with Gasteiger partial charge in [0.1, 0.15) is 6.21 Å². The van der Waals surface area contributed by atoms with E-state index in [4.69, 9.17) is 0 Å². The van der Waals surface area contributed by atoms with E-state index < -0.39 is 15.2 Å². The SMILES string of the molecule is C[N+]1=CC(S(C)(=O)=O)N=C1. The molecule has 10 heavy (non-hydrogen) atoms. The van der Waals surface area contributed by atoms with Crippen LogP contribution >= 0.6 is 0 Å². The van der Waals surface area contributed by atoms with Gasteiger partial charge < -0.3 is 0 Å². The Hall–Kier alpha value is -0.710. The summed E-state index contributed by atoms with van der Waals surface area (Å²) in [6.45, 7) is 0. The van der Waals surface area contributed by atoms with Gasteiger partial charge in [0.25, 0.3) is 11.7 Å². The van der Waals surface area contributed by atoms with Gasteiger partial charge in [0.15, 0.2) is 0 Å². The Morgan fingerprint density at radius 2 is 2.20 bits per heavy atom. The van der Waals surface area contributed by atoms with Crippen molar-refractivity contribution in [1.29, 1.82) is 0 Å². The maximum Gasteiger partial charge on any atom is 0.292 e. The summed E-state index contributed by atoms with van der Waals surface area (Å²) in [5.74, 6) is 0. The molecule has 1 atom stereocenters. The fourth-order valence-corrected chi connectivity index (χ4v) is 1.36. The molecule has 0 bridgehead atoms. The van der Waals surface area contributed by atoms with Gasteiger partial charge in [-0.3, -0.25) is 0 Å². The number of hydrogen-bond acceptors (Lipinski definition) is 3. The molecule has 0 saturated carbocycles. The Bertz CT molecular complexity index is 289. The summed E-state index contributed by atoms with van der Waals surface area (Å²) in [6, 6.07) is 0. The molecular weight excluding hydrogens is 152 g/mol. The van der Waals surface area contributed by atoms with E-state index in [0.717, 1.165) is 0 Å². The van der Waals surface area contributed by atoms with Gasteiger partial charge in [0.05, 0.1) is 7.05 Å². The normalized spacial score (nSPS) is 25.0. The van der Waals surface area contributed by atoms with E-state index in [1.807, 2.05) is 0 Å². The predicted molar refractivity (Wildman–Crippen MR) is 39.4 cm³/mol. The third-order valence-electron chi connectivity index (χ3n) is 1.20. The molecule has 0 fully saturated rings. The average molecular weight is 161 g/mol. The fraction of sp³-hybridized carbons (Fsp3) is 0.600. The summed E-state index contributed by atoms with van der Waals surface area (Å²) < 4.78 is 23.2. The Kier molecular flexibility index (Phi) is 1.60. The Morgan fingerprint density at radius 3 is 2.40 bits per heavy atom. The minimum absolute atomic E-state index is 0.669. The van der Waals surface area contributed by atoms with Crippen LogP contribution in [0.15, 0.2) is 4.99 Å². The summed E-state index contributed by atoms with van der Waals surface area (Å²) in [5.41, 5.74) is 0. The molecule has 5 heteroatoms.